The van der Waals surface area contributed by atoms with Gasteiger partial charge >= 0.3 is 0 Å². The van der Waals surface area contributed by atoms with Crippen molar-refractivity contribution in [3.63, 3.8) is 0 Å². The van der Waals surface area contributed by atoms with Crippen molar-refractivity contribution in [3.05, 3.63) is 65.9 Å². The highest BCUT2D eigenvalue weighted by Crippen LogP contribution is 2.29. The molecule has 144 valence electrons. The first-order chi connectivity index (χ1) is 13.7. The molecule has 0 atom stereocenters. The molecule has 2 heterocycles. The maximum atomic E-state index is 5.48. The molecule has 0 bridgehead atoms. The van der Waals surface area contributed by atoms with Crippen LogP contribution in [0.2, 0.25) is 0 Å². The lowest BCUT2D eigenvalue weighted by atomic mass is 10.1. The Balaban J connectivity index is 1.53. The molecule has 0 radical (unpaired) electrons. The zero-order valence-corrected chi connectivity index (χ0v) is 16.3. The standard InChI is InChI=1S/C22H25N5O/c1-16-7-8-18(15-17(16)2)24-22-23-10-9-21(26-22)25-19-5-3-4-6-20(19)27-11-13-28-14-12-27/h3-10,15H,11-14H2,1-2H3,(H2,23,24,25,26). The molecular weight excluding hydrogens is 350 g/mol. The van der Waals surface area contributed by atoms with Gasteiger partial charge in [-0.2, -0.15) is 4.98 Å². The van der Waals surface area contributed by atoms with Gasteiger partial charge in [-0.3, -0.25) is 0 Å². The van der Waals surface area contributed by atoms with Crippen LogP contribution >= 0.6 is 0 Å². The Hall–Kier alpha value is -3.12. The van der Waals surface area contributed by atoms with Crippen LogP contribution in [0.15, 0.2) is 54.7 Å². The Labute approximate surface area is 165 Å². The molecule has 1 aromatic heterocycles. The first kappa shape index (κ1) is 18.3. The molecule has 1 saturated heterocycles. The van der Waals surface area contributed by atoms with Crippen molar-refractivity contribution in [2.24, 2.45) is 0 Å². The summed E-state index contributed by atoms with van der Waals surface area (Å²) < 4.78 is 5.48. The number of nitrogens with one attached hydrogen (secondary N) is 2. The number of nitrogens with zero attached hydrogens (tertiary/aromatic N) is 3. The van der Waals surface area contributed by atoms with Gasteiger partial charge in [-0.05, 0) is 55.3 Å². The second-order valence-electron chi connectivity index (χ2n) is 6.93. The fourth-order valence-corrected chi connectivity index (χ4v) is 3.23. The van der Waals surface area contributed by atoms with E-state index in [1.54, 1.807) is 6.20 Å². The number of rotatable bonds is 5. The summed E-state index contributed by atoms with van der Waals surface area (Å²) in [6.45, 7) is 7.50. The predicted molar refractivity (Wildman–Crippen MR) is 114 cm³/mol. The number of ether oxygens (including phenoxy) is 1. The third kappa shape index (κ3) is 4.23. The average Bonchev–Trinajstić information content (AvgIpc) is 2.72. The smallest absolute Gasteiger partial charge is 0.229 e. The molecule has 6 nitrogen and oxygen atoms in total. The highest BCUT2D eigenvalue weighted by atomic mass is 16.5. The lowest BCUT2D eigenvalue weighted by molar-refractivity contribution is 0.123. The Morgan fingerprint density at radius 2 is 1.75 bits per heavy atom. The molecular formula is C22H25N5O. The van der Waals surface area contributed by atoms with Crippen molar-refractivity contribution in [2.45, 2.75) is 13.8 Å². The van der Waals surface area contributed by atoms with Crippen LogP contribution in [0, 0.1) is 13.8 Å². The molecule has 6 heteroatoms. The monoisotopic (exact) mass is 375 g/mol. The highest BCUT2D eigenvalue weighted by Gasteiger charge is 2.14. The Kier molecular flexibility index (Phi) is 5.39. The summed E-state index contributed by atoms with van der Waals surface area (Å²) in [5.74, 6) is 1.32. The van der Waals surface area contributed by atoms with Gasteiger partial charge < -0.3 is 20.3 Å². The summed E-state index contributed by atoms with van der Waals surface area (Å²) in [5.41, 5.74) is 5.67. The fraction of sp³-hybridized carbons (Fsp3) is 0.273. The van der Waals surface area contributed by atoms with Gasteiger partial charge in [-0.25, -0.2) is 4.98 Å². The quantitative estimate of drug-likeness (QED) is 0.688. The summed E-state index contributed by atoms with van der Waals surface area (Å²) in [5, 5.41) is 6.73. The predicted octanol–water partition coefficient (Wildman–Crippen LogP) is 4.42. The molecule has 1 aliphatic rings. The summed E-state index contributed by atoms with van der Waals surface area (Å²) in [4.78, 5) is 11.3. The number of hydrogen-bond acceptors (Lipinski definition) is 6. The molecule has 28 heavy (non-hydrogen) atoms. The SMILES string of the molecule is Cc1ccc(Nc2nccc(Nc3ccccc3N3CCOCC3)n2)cc1C. The molecule has 0 amide bonds. The van der Waals surface area contributed by atoms with E-state index in [1.807, 2.05) is 18.2 Å². The zero-order valence-electron chi connectivity index (χ0n) is 16.3. The van der Waals surface area contributed by atoms with Crippen LogP contribution in [-0.2, 0) is 4.74 Å². The number of para-hydroxylation sites is 2. The van der Waals surface area contributed by atoms with E-state index in [4.69, 9.17) is 4.74 Å². The maximum Gasteiger partial charge on any atom is 0.229 e. The summed E-state index contributed by atoms with van der Waals surface area (Å²) in [6.07, 6.45) is 1.76. The number of aromatic nitrogens is 2. The van der Waals surface area contributed by atoms with E-state index >= 15 is 0 Å². The second-order valence-corrected chi connectivity index (χ2v) is 6.93. The normalized spacial score (nSPS) is 14.0. The number of hydrogen-bond donors (Lipinski definition) is 2. The van der Waals surface area contributed by atoms with Crippen LogP contribution in [0.3, 0.4) is 0 Å². The van der Waals surface area contributed by atoms with Gasteiger partial charge in [0.25, 0.3) is 0 Å². The van der Waals surface area contributed by atoms with Gasteiger partial charge in [0.15, 0.2) is 0 Å². The van der Waals surface area contributed by atoms with E-state index in [1.165, 1.54) is 11.1 Å². The van der Waals surface area contributed by atoms with Crippen LogP contribution in [0.4, 0.5) is 28.8 Å². The van der Waals surface area contributed by atoms with Crippen molar-refractivity contribution >= 4 is 28.8 Å². The Morgan fingerprint density at radius 3 is 2.57 bits per heavy atom. The van der Waals surface area contributed by atoms with Crippen molar-refractivity contribution in [2.75, 3.05) is 41.8 Å². The summed E-state index contributed by atoms with van der Waals surface area (Å²) in [6, 6.07) is 16.4. The highest BCUT2D eigenvalue weighted by molar-refractivity contribution is 5.74. The lowest BCUT2D eigenvalue weighted by Crippen LogP contribution is -2.36. The molecule has 3 aromatic rings. The topological polar surface area (TPSA) is 62.3 Å². The van der Waals surface area contributed by atoms with Gasteiger partial charge in [0.1, 0.15) is 5.82 Å². The molecule has 0 spiro atoms. The lowest BCUT2D eigenvalue weighted by Gasteiger charge is -2.30. The Morgan fingerprint density at radius 1 is 0.929 bits per heavy atom. The van der Waals surface area contributed by atoms with Crippen LogP contribution in [0.5, 0.6) is 0 Å². The molecule has 1 fully saturated rings. The van der Waals surface area contributed by atoms with E-state index < -0.39 is 0 Å². The third-order valence-corrected chi connectivity index (χ3v) is 4.94. The van der Waals surface area contributed by atoms with E-state index in [9.17, 15) is 0 Å². The minimum absolute atomic E-state index is 0.567. The number of benzene rings is 2. The second kappa shape index (κ2) is 8.27. The molecule has 0 saturated carbocycles. The van der Waals surface area contributed by atoms with Gasteiger partial charge in [0.05, 0.1) is 24.6 Å². The molecule has 0 aliphatic carbocycles. The van der Waals surface area contributed by atoms with Crippen molar-refractivity contribution in [1.82, 2.24) is 9.97 Å². The van der Waals surface area contributed by atoms with Crippen LogP contribution in [-0.4, -0.2) is 36.3 Å². The summed E-state index contributed by atoms with van der Waals surface area (Å²) >= 11 is 0. The number of aryl methyl sites for hydroxylation is 2. The van der Waals surface area contributed by atoms with E-state index in [0.29, 0.717) is 5.95 Å². The van der Waals surface area contributed by atoms with Gasteiger partial charge in [0, 0.05) is 25.0 Å². The van der Waals surface area contributed by atoms with Gasteiger partial charge in [-0.1, -0.05) is 18.2 Å². The number of morpholine rings is 1. The average molecular weight is 375 g/mol. The largest absolute Gasteiger partial charge is 0.378 e. The van der Waals surface area contributed by atoms with Gasteiger partial charge in [-0.15, -0.1) is 0 Å². The van der Waals surface area contributed by atoms with Crippen LogP contribution in [0.25, 0.3) is 0 Å². The zero-order chi connectivity index (χ0) is 19.3. The molecule has 4 rings (SSSR count). The van der Waals surface area contributed by atoms with Crippen molar-refractivity contribution in [1.29, 1.82) is 0 Å². The van der Waals surface area contributed by atoms with Crippen molar-refractivity contribution in [3.8, 4) is 0 Å². The Bertz CT molecular complexity index is 953. The molecule has 0 unspecified atom stereocenters. The first-order valence-electron chi connectivity index (χ1n) is 9.55. The van der Waals surface area contributed by atoms with Crippen molar-refractivity contribution < 1.29 is 4.74 Å². The van der Waals surface area contributed by atoms with Crippen LogP contribution < -0.4 is 15.5 Å². The van der Waals surface area contributed by atoms with E-state index in [0.717, 1.165) is 49.2 Å². The minimum atomic E-state index is 0.567. The molecule has 2 N–H and O–H groups in total. The summed E-state index contributed by atoms with van der Waals surface area (Å²) in [7, 11) is 0. The fourth-order valence-electron chi connectivity index (χ4n) is 3.23. The van der Waals surface area contributed by atoms with E-state index in [-0.39, 0.29) is 0 Å². The number of anilines is 5. The molecule has 2 aromatic carbocycles. The van der Waals surface area contributed by atoms with Crippen LogP contribution in [0.1, 0.15) is 11.1 Å². The van der Waals surface area contributed by atoms with Gasteiger partial charge in [0.2, 0.25) is 5.95 Å². The maximum absolute atomic E-state index is 5.48. The molecule has 1 aliphatic heterocycles. The third-order valence-electron chi connectivity index (χ3n) is 4.94. The van der Waals surface area contributed by atoms with E-state index in [2.05, 4.69) is 69.7 Å². The minimum Gasteiger partial charge on any atom is -0.378 e. The first-order valence-corrected chi connectivity index (χ1v) is 9.55.